The van der Waals surface area contributed by atoms with E-state index in [9.17, 15) is 14.7 Å². The van der Waals surface area contributed by atoms with Crippen LogP contribution < -0.4 is 15.4 Å². The molecule has 0 radical (unpaired) electrons. The van der Waals surface area contributed by atoms with Gasteiger partial charge < -0.3 is 14.6 Å². The summed E-state index contributed by atoms with van der Waals surface area (Å²) in [7, 11) is 1.58. The second kappa shape index (κ2) is 5.85. The molecule has 2 aromatic heterocycles. The zero-order valence-electron chi connectivity index (χ0n) is 12.5. The summed E-state index contributed by atoms with van der Waals surface area (Å²) in [5, 5.41) is 13.3. The second-order valence-corrected chi connectivity index (χ2v) is 5.87. The summed E-state index contributed by atoms with van der Waals surface area (Å²) in [4.78, 5) is 28.5. The van der Waals surface area contributed by atoms with Gasteiger partial charge in [0, 0.05) is 10.9 Å². The lowest BCUT2D eigenvalue weighted by atomic mass is 10.1. The number of carbonyl (C=O) groups excluding carboxylic acids is 1. The van der Waals surface area contributed by atoms with Crippen LogP contribution in [0.2, 0.25) is 0 Å². The summed E-state index contributed by atoms with van der Waals surface area (Å²) in [6.07, 6.45) is 1.25. The fourth-order valence-corrected chi connectivity index (χ4v) is 3.22. The number of hydrogen-bond acceptors (Lipinski definition) is 6. The highest BCUT2D eigenvalue weighted by molar-refractivity contribution is 7.17. The average molecular weight is 329 g/mol. The molecule has 0 unspecified atom stereocenters. The highest BCUT2D eigenvalue weighted by atomic mass is 32.1. The number of hydrogen-bond donors (Lipinski definition) is 0. The Balaban J connectivity index is 2.20. The van der Waals surface area contributed by atoms with Gasteiger partial charge in [-0.1, -0.05) is 12.1 Å². The lowest BCUT2D eigenvalue weighted by Crippen LogP contribution is -2.36. The normalized spacial score (nSPS) is 12.3. The molecule has 2 heterocycles. The molecule has 0 bridgehead atoms. The minimum absolute atomic E-state index is 0.390. The highest BCUT2D eigenvalue weighted by Crippen LogP contribution is 2.31. The molecule has 0 spiro atoms. The van der Waals surface area contributed by atoms with Gasteiger partial charge in [-0.05, 0) is 24.6 Å². The Morgan fingerprint density at radius 1 is 1.35 bits per heavy atom. The Morgan fingerprint density at radius 2 is 2.04 bits per heavy atom. The number of thiophene rings is 1. The van der Waals surface area contributed by atoms with Crippen molar-refractivity contribution in [2.75, 3.05) is 7.11 Å². The molecule has 118 valence electrons. The van der Waals surface area contributed by atoms with Crippen LogP contribution in [0.15, 0.2) is 40.8 Å². The molecule has 0 amide bonds. The Labute approximate surface area is 135 Å². The van der Waals surface area contributed by atoms with Crippen molar-refractivity contribution in [2.24, 2.45) is 0 Å². The van der Waals surface area contributed by atoms with Crippen LogP contribution in [0.3, 0.4) is 0 Å². The SMILES string of the molecule is COc1ccc(-c2csc3ncn([C@H](C)C(=O)[O-])c(=O)c23)cc1. The number of benzene rings is 1. The fraction of sp³-hybridized carbons (Fsp3) is 0.188. The summed E-state index contributed by atoms with van der Waals surface area (Å²) in [6, 6.07) is 6.22. The van der Waals surface area contributed by atoms with E-state index in [-0.39, 0.29) is 0 Å². The monoisotopic (exact) mass is 329 g/mol. The van der Waals surface area contributed by atoms with Crippen molar-refractivity contribution < 1.29 is 14.6 Å². The summed E-state index contributed by atoms with van der Waals surface area (Å²) in [6.45, 7) is 1.39. The molecule has 0 aliphatic carbocycles. The van der Waals surface area contributed by atoms with Crippen LogP contribution in [0.1, 0.15) is 13.0 Å². The molecule has 0 fully saturated rings. The van der Waals surface area contributed by atoms with Gasteiger partial charge in [0.15, 0.2) is 0 Å². The van der Waals surface area contributed by atoms with E-state index in [1.54, 1.807) is 19.2 Å². The van der Waals surface area contributed by atoms with Gasteiger partial charge in [-0.15, -0.1) is 11.3 Å². The van der Waals surface area contributed by atoms with Gasteiger partial charge in [0.2, 0.25) is 0 Å². The number of carboxylic acids is 1. The topological polar surface area (TPSA) is 84.2 Å². The first-order valence-electron chi connectivity index (χ1n) is 6.86. The summed E-state index contributed by atoms with van der Waals surface area (Å²) in [5.74, 6) is -0.608. The molecule has 1 aromatic carbocycles. The van der Waals surface area contributed by atoms with Crippen LogP contribution >= 0.6 is 11.3 Å². The summed E-state index contributed by atoms with van der Waals surface area (Å²) in [5.41, 5.74) is 1.18. The zero-order valence-corrected chi connectivity index (χ0v) is 13.3. The number of nitrogens with zero attached hydrogens (tertiary/aromatic N) is 2. The zero-order chi connectivity index (χ0) is 16.6. The largest absolute Gasteiger partial charge is 0.548 e. The fourth-order valence-electron chi connectivity index (χ4n) is 2.32. The third-order valence-corrected chi connectivity index (χ3v) is 4.57. The quantitative estimate of drug-likeness (QED) is 0.723. The Kier molecular flexibility index (Phi) is 3.87. The molecule has 0 saturated heterocycles. The standard InChI is InChI=1S/C16H14N2O4S/c1-9(16(20)21)18-8-17-14-13(15(18)19)12(7-23-14)10-3-5-11(22-2)6-4-10/h3-9H,1-2H3,(H,20,21)/p-1/t9-/m1/s1. The lowest BCUT2D eigenvalue weighted by molar-refractivity contribution is -0.309. The number of aliphatic carboxylic acids is 1. The Hall–Kier alpha value is -2.67. The number of carboxylic acid groups (broad SMARTS) is 1. The molecule has 7 heteroatoms. The number of aromatic nitrogens is 2. The summed E-state index contributed by atoms with van der Waals surface area (Å²) < 4.78 is 6.21. The Bertz CT molecular complexity index is 927. The first-order valence-corrected chi connectivity index (χ1v) is 7.74. The molecule has 3 rings (SSSR count). The minimum atomic E-state index is -1.32. The van der Waals surface area contributed by atoms with Crippen LogP contribution in [0, 0.1) is 0 Å². The number of carbonyl (C=O) groups is 1. The smallest absolute Gasteiger partial charge is 0.263 e. The van der Waals surface area contributed by atoms with Crippen molar-refractivity contribution in [3.63, 3.8) is 0 Å². The van der Waals surface area contributed by atoms with E-state index in [2.05, 4.69) is 4.98 Å². The van der Waals surface area contributed by atoms with E-state index in [1.165, 1.54) is 24.6 Å². The van der Waals surface area contributed by atoms with Gasteiger partial charge in [-0.2, -0.15) is 0 Å². The second-order valence-electron chi connectivity index (χ2n) is 5.01. The Morgan fingerprint density at radius 3 is 2.65 bits per heavy atom. The predicted octanol–water partition coefficient (Wildman–Crippen LogP) is 1.44. The number of rotatable bonds is 4. The number of ether oxygens (including phenoxy) is 1. The number of methoxy groups -OCH3 is 1. The van der Waals surface area contributed by atoms with Crippen molar-refractivity contribution in [1.29, 1.82) is 0 Å². The molecule has 1 atom stereocenters. The molecule has 6 nitrogen and oxygen atoms in total. The van der Waals surface area contributed by atoms with Crippen LogP contribution in [-0.4, -0.2) is 22.6 Å². The van der Waals surface area contributed by atoms with Gasteiger partial charge in [0.05, 0.1) is 30.8 Å². The van der Waals surface area contributed by atoms with Gasteiger partial charge in [-0.3, -0.25) is 9.36 Å². The van der Waals surface area contributed by atoms with Crippen molar-refractivity contribution >= 4 is 27.5 Å². The molecule has 23 heavy (non-hydrogen) atoms. The average Bonchev–Trinajstić information content (AvgIpc) is 2.99. The first-order chi connectivity index (χ1) is 11.0. The van der Waals surface area contributed by atoms with Crippen molar-refractivity contribution in [1.82, 2.24) is 9.55 Å². The van der Waals surface area contributed by atoms with Crippen molar-refractivity contribution in [2.45, 2.75) is 13.0 Å². The van der Waals surface area contributed by atoms with E-state index < -0.39 is 17.6 Å². The molecule has 0 aliphatic heterocycles. The predicted molar refractivity (Wildman–Crippen MR) is 85.6 cm³/mol. The molecule has 0 N–H and O–H groups in total. The summed E-state index contributed by atoms with van der Waals surface area (Å²) >= 11 is 1.34. The van der Waals surface area contributed by atoms with Gasteiger partial charge in [0.1, 0.15) is 10.6 Å². The van der Waals surface area contributed by atoms with Crippen LogP contribution in [0.4, 0.5) is 0 Å². The third-order valence-electron chi connectivity index (χ3n) is 3.68. The first kappa shape index (κ1) is 15.2. The third kappa shape index (κ3) is 2.59. The van der Waals surface area contributed by atoms with Crippen LogP contribution in [-0.2, 0) is 4.79 Å². The van der Waals surface area contributed by atoms with E-state index in [1.807, 2.05) is 17.5 Å². The molecule has 0 saturated carbocycles. The van der Waals surface area contributed by atoms with E-state index >= 15 is 0 Å². The van der Waals surface area contributed by atoms with Crippen molar-refractivity contribution in [3.05, 3.63) is 46.3 Å². The lowest BCUT2D eigenvalue weighted by Gasteiger charge is -2.15. The van der Waals surface area contributed by atoms with Gasteiger partial charge >= 0.3 is 0 Å². The molecular formula is C16H13N2O4S-. The van der Waals surface area contributed by atoms with Crippen LogP contribution in [0.5, 0.6) is 5.75 Å². The van der Waals surface area contributed by atoms with E-state index in [0.29, 0.717) is 10.2 Å². The van der Waals surface area contributed by atoms with Gasteiger partial charge in [-0.25, -0.2) is 4.98 Å². The number of fused-ring (bicyclic) bond motifs is 1. The maximum Gasteiger partial charge on any atom is 0.263 e. The van der Waals surface area contributed by atoms with E-state index in [0.717, 1.165) is 21.4 Å². The molecule has 3 aromatic rings. The highest BCUT2D eigenvalue weighted by Gasteiger charge is 2.16. The van der Waals surface area contributed by atoms with E-state index in [4.69, 9.17) is 4.74 Å². The van der Waals surface area contributed by atoms with Crippen LogP contribution in [0.25, 0.3) is 21.3 Å². The molecular weight excluding hydrogens is 316 g/mol. The molecule has 0 aliphatic rings. The maximum absolute atomic E-state index is 12.7. The van der Waals surface area contributed by atoms with Gasteiger partial charge in [0.25, 0.3) is 5.56 Å². The minimum Gasteiger partial charge on any atom is -0.548 e. The maximum atomic E-state index is 12.7. The van der Waals surface area contributed by atoms with Crippen molar-refractivity contribution in [3.8, 4) is 16.9 Å².